The van der Waals surface area contributed by atoms with Gasteiger partial charge in [-0.3, -0.25) is 0 Å². The zero-order valence-corrected chi connectivity index (χ0v) is 16.9. The number of aryl methyl sites for hydroxylation is 3. The maximum Gasteiger partial charge on any atom is 0.134 e. The van der Waals surface area contributed by atoms with Gasteiger partial charge in [-0.15, -0.1) is 0 Å². The van der Waals surface area contributed by atoms with Crippen molar-refractivity contribution in [2.24, 2.45) is 0 Å². The molecule has 0 fully saturated rings. The van der Waals surface area contributed by atoms with Gasteiger partial charge in [0.15, 0.2) is 0 Å². The molecular formula is C25H25N3O. The second-order valence-electron chi connectivity index (χ2n) is 7.80. The molecule has 1 atom stereocenters. The van der Waals surface area contributed by atoms with Gasteiger partial charge in [-0.25, -0.2) is 9.97 Å². The van der Waals surface area contributed by atoms with E-state index in [-0.39, 0.29) is 0 Å². The summed E-state index contributed by atoms with van der Waals surface area (Å²) in [5.41, 5.74) is 7.02. The van der Waals surface area contributed by atoms with Crippen molar-refractivity contribution >= 4 is 16.8 Å². The van der Waals surface area contributed by atoms with E-state index in [2.05, 4.69) is 59.7 Å². The number of fused-ring (bicyclic) bond motifs is 2. The van der Waals surface area contributed by atoms with E-state index >= 15 is 0 Å². The molecule has 1 aliphatic carbocycles. The van der Waals surface area contributed by atoms with Crippen molar-refractivity contribution in [3.8, 4) is 11.3 Å². The van der Waals surface area contributed by atoms with Crippen molar-refractivity contribution < 1.29 is 4.42 Å². The number of furan rings is 1. The molecule has 5 rings (SSSR count). The van der Waals surface area contributed by atoms with Gasteiger partial charge in [-0.2, -0.15) is 0 Å². The van der Waals surface area contributed by atoms with Crippen LogP contribution in [0.2, 0.25) is 0 Å². The normalized spacial score (nSPS) is 16.0. The standard InChI is InChI=1S/C25H25N3O/c1-3-17-15-29-24-12-11-19(13-21(17)24)23-14-25(27-16(2)26-23)28-22-10-6-8-18-7-4-5-9-20(18)22/h4-5,7,9,11-15,22H,3,6,8,10H2,1-2H3,(H,26,27,28)/t22-/m1/s1. The second kappa shape index (κ2) is 7.36. The summed E-state index contributed by atoms with van der Waals surface area (Å²) in [5, 5.41) is 4.84. The Kier molecular flexibility index (Phi) is 4.55. The third-order valence-corrected chi connectivity index (χ3v) is 5.86. The van der Waals surface area contributed by atoms with Gasteiger partial charge in [0.25, 0.3) is 0 Å². The number of rotatable bonds is 4. The quantitative estimate of drug-likeness (QED) is 0.452. The van der Waals surface area contributed by atoms with Crippen molar-refractivity contribution in [1.29, 1.82) is 0 Å². The van der Waals surface area contributed by atoms with Crippen LogP contribution in [0.4, 0.5) is 5.82 Å². The first-order valence-electron chi connectivity index (χ1n) is 10.4. The first kappa shape index (κ1) is 17.9. The molecule has 1 aliphatic rings. The number of nitrogens with one attached hydrogen (secondary N) is 1. The van der Waals surface area contributed by atoms with Gasteiger partial charge in [0, 0.05) is 17.0 Å². The predicted octanol–water partition coefficient (Wildman–Crippen LogP) is 6.25. The first-order chi connectivity index (χ1) is 14.2. The van der Waals surface area contributed by atoms with E-state index in [1.807, 2.05) is 19.3 Å². The van der Waals surface area contributed by atoms with Gasteiger partial charge in [-0.1, -0.05) is 31.2 Å². The molecule has 0 saturated heterocycles. The van der Waals surface area contributed by atoms with Gasteiger partial charge in [0.2, 0.25) is 0 Å². The van der Waals surface area contributed by atoms with Crippen molar-refractivity contribution in [1.82, 2.24) is 9.97 Å². The molecule has 0 saturated carbocycles. The fourth-order valence-electron chi connectivity index (χ4n) is 4.39. The summed E-state index contributed by atoms with van der Waals surface area (Å²) < 4.78 is 5.67. The van der Waals surface area contributed by atoms with Crippen LogP contribution in [0.15, 0.2) is 59.2 Å². The smallest absolute Gasteiger partial charge is 0.134 e. The average Bonchev–Trinajstić information content (AvgIpc) is 3.16. The van der Waals surface area contributed by atoms with Gasteiger partial charge in [0.05, 0.1) is 18.0 Å². The Morgan fingerprint density at radius 1 is 1.10 bits per heavy atom. The Labute approximate surface area is 171 Å². The molecule has 4 nitrogen and oxygen atoms in total. The van der Waals surface area contributed by atoms with Crippen molar-refractivity contribution in [2.45, 2.75) is 45.6 Å². The molecule has 0 bridgehead atoms. The van der Waals surface area contributed by atoms with Crippen LogP contribution < -0.4 is 5.32 Å². The van der Waals surface area contributed by atoms with Gasteiger partial charge >= 0.3 is 0 Å². The van der Waals surface area contributed by atoms with E-state index < -0.39 is 0 Å². The summed E-state index contributed by atoms with van der Waals surface area (Å²) in [6, 6.07) is 17.4. The minimum atomic E-state index is 0.296. The maximum absolute atomic E-state index is 5.67. The number of benzene rings is 2. The lowest BCUT2D eigenvalue weighted by Gasteiger charge is -2.27. The summed E-state index contributed by atoms with van der Waals surface area (Å²) in [6.07, 6.45) is 6.28. The average molecular weight is 383 g/mol. The minimum absolute atomic E-state index is 0.296. The van der Waals surface area contributed by atoms with Crippen LogP contribution in [-0.2, 0) is 12.8 Å². The highest BCUT2D eigenvalue weighted by Crippen LogP contribution is 2.33. The molecule has 1 N–H and O–H groups in total. The SMILES string of the molecule is CCc1coc2ccc(-c3cc(N[C@@H]4CCCc5ccccc54)nc(C)n3)cc12. The fraction of sp³-hybridized carbons (Fsp3) is 0.280. The van der Waals surface area contributed by atoms with Crippen LogP contribution in [-0.4, -0.2) is 9.97 Å². The molecule has 0 aliphatic heterocycles. The Balaban J connectivity index is 1.50. The lowest BCUT2D eigenvalue weighted by atomic mass is 9.88. The van der Waals surface area contributed by atoms with E-state index in [4.69, 9.17) is 9.40 Å². The van der Waals surface area contributed by atoms with Crippen molar-refractivity contribution in [3.05, 3.63) is 77.3 Å². The number of anilines is 1. The molecule has 2 aromatic heterocycles. The number of aromatic nitrogens is 2. The Hall–Kier alpha value is -3.14. The summed E-state index contributed by atoms with van der Waals surface area (Å²) in [5.74, 6) is 1.66. The van der Waals surface area contributed by atoms with Crippen LogP contribution >= 0.6 is 0 Å². The first-order valence-corrected chi connectivity index (χ1v) is 10.4. The number of hydrogen-bond acceptors (Lipinski definition) is 4. The molecule has 2 heterocycles. The lowest BCUT2D eigenvalue weighted by molar-refractivity contribution is 0.598. The molecule has 2 aromatic carbocycles. The van der Waals surface area contributed by atoms with E-state index in [9.17, 15) is 0 Å². The molecule has 4 aromatic rings. The predicted molar refractivity (Wildman–Crippen MR) is 117 cm³/mol. The topological polar surface area (TPSA) is 51.0 Å². The molecule has 146 valence electrons. The molecule has 0 radical (unpaired) electrons. The van der Waals surface area contributed by atoms with Crippen molar-refractivity contribution in [2.75, 3.05) is 5.32 Å². The molecule has 0 spiro atoms. The number of nitrogens with zero attached hydrogens (tertiary/aromatic N) is 2. The van der Waals surface area contributed by atoms with E-state index in [0.717, 1.165) is 53.1 Å². The zero-order valence-electron chi connectivity index (χ0n) is 16.9. The van der Waals surface area contributed by atoms with E-state index in [0.29, 0.717) is 6.04 Å². The van der Waals surface area contributed by atoms with Crippen LogP contribution in [0.1, 0.15) is 48.3 Å². The molecule has 4 heteroatoms. The third-order valence-electron chi connectivity index (χ3n) is 5.86. The largest absolute Gasteiger partial charge is 0.464 e. The lowest BCUT2D eigenvalue weighted by Crippen LogP contribution is -2.18. The zero-order chi connectivity index (χ0) is 19.8. The summed E-state index contributed by atoms with van der Waals surface area (Å²) in [7, 11) is 0. The van der Waals surface area contributed by atoms with Gasteiger partial charge in [0.1, 0.15) is 17.2 Å². The van der Waals surface area contributed by atoms with Gasteiger partial charge < -0.3 is 9.73 Å². The van der Waals surface area contributed by atoms with E-state index in [1.54, 1.807) is 0 Å². The Morgan fingerprint density at radius 2 is 2.00 bits per heavy atom. The van der Waals surface area contributed by atoms with Crippen LogP contribution in [0.25, 0.3) is 22.2 Å². The molecule has 0 unspecified atom stereocenters. The van der Waals surface area contributed by atoms with Crippen LogP contribution in [0.5, 0.6) is 0 Å². The summed E-state index contributed by atoms with van der Waals surface area (Å²) in [4.78, 5) is 9.38. The summed E-state index contributed by atoms with van der Waals surface area (Å²) in [6.45, 7) is 4.10. The third kappa shape index (κ3) is 3.39. The van der Waals surface area contributed by atoms with Crippen LogP contribution in [0, 0.1) is 6.92 Å². The molecule has 29 heavy (non-hydrogen) atoms. The maximum atomic E-state index is 5.67. The highest BCUT2D eigenvalue weighted by molar-refractivity contribution is 5.86. The Morgan fingerprint density at radius 3 is 2.90 bits per heavy atom. The minimum Gasteiger partial charge on any atom is -0.464 e. The molecular weight excluding hydrogens is 358 g/mol. The highest BCUT2D eigenvalue weighted by Gasteiger charge is 2.20. The number of hydrogen-bond donors (Lipinski definition) is 1. The van der Waals surface area contributed by atoms with Crippen molar-refractivity contribution in [3.63, 3.8) is 0 Å². The van der Waals surface area contributed by atoms with E-state index in [1.165, 1.54) is 23.1 Å². The highest BCUT2D eigenvalue weighted by atomic mass is 16.3. The Bertz CT molecular complexity index is 1180. The fourth-order valence-corrected chi connectivity index (χ4v) is 4.39. The summed E-state index contributed by atoms with van der Waals surface area (Å²) >= 11 is 0. The van der Waals surface area contributed by atoms with Crippen LogP contribution in [0.3, 0.4) is 0 Å². The monoisotopic (exact) mass is 383 g/mol. The molecule has 0 amide bonds. The second-order valence-corrected chi connectivity index (χ2v) is 7.80. The van der Waals surface area contributed by atoms with Gasteiger partial charge in [-0.05, 0) is 67.5 Å².